The van der Waals surface area contributed by atoms with Gasteiger partial charge in [-0.2, -0.15) is 0 Å². The monoisotopic (exact) mass is 319 g/mol. The summed E-state index contributed by atoms with van der Waals surface area (Å²) in [6, 6.07) is 12.3. The average molecular weight is 319 g/mol. The van der Waals surface area contributed by atoms with Crippen LogP contribution < -0.4 is 4.72 Å². The molecule has 0 radical (unpaired) electrons. The Morgan fingerprint density at radius 2 is 1.77 bits per heavy atom. The van der Waals surface area contributed by atoms with Gasteiger partial charge in [0.2, 0.25) is 10.0 Å². The zero-order valence-corrected chi connectivity index (χ0v) is 12.4. The minimum absolute atomic E-state index is 0.0472. The molecule has 3 rings (SSSR count). The van der Waals surface area contributed by atoms with Crippen molar-refractivity contribution in [3.05, 3.63) is 66.2 Å². The normalized spacial score (nSPS) is 11.9. The topological polar surface area (TPSA) is 59.3 Å². The summed E-state index contributed by atoms with van der Waals surface area (Å²) in [5.41, 5.74) is 1.72. The van der Waals surface area contributed by atoms with Gasteiger partial charge in [-0.05, 0) is 42.3 Å². The van der Waals surface area contributed by atoms with Crippen LogP contribution in [0.2, 0.25) is 0 Å². The fourth-order valence-electron chi connectivity index (χ4n) is 2.24. The highest BCUT2D eigenvalue weighted by Crippen LogP contribution is 2.21. The first-order valence-corrected chi connectivity index (χ1v) is 8.25. The summed E-state index contributed by atoms with van der Waals surface area (Å²) in [4.78, 5) is 0.0472. The lowest BCUT2D eigenvalue weighted by molar-refractivity contribution is 0.579. The Labute approximate surface area is 127 Å². The van der Waals surface area contributed by atoms with Gasteiger partial charge in [-0.3, -0.25) is 0 Å². The van der Waals surface area contributed by atoms with Crippen molar-refractivity contribution in [2.75, 3.05) is 6.54 Å². The summed E-state index contributed by atoms with van der Waals surface area (Å²) in [5, 5.41) is 0.975. The summed E-state index contributed by atoms with van der Waals surface area (Å²) in [6.07, 6.45) is 2.15. The number of para-hydroxylation sites is 1. The molecule has 6 heteroatoms. The molecule has 2 aromatic carbocycles. The molecular weight excluding hydrogens is 305 g/mol. The maximum absolute atomic E-state index is 12.8. The second-order valence-corrected chi connectivity index (χ2v) is 6.63. The summed E-state index contributed by atoms with van der Waals surface area (Å²) < 4.78 is 44.9. The lowest BCUT2D eigenvalue weighted by Gasteiger charge is -2.06. The van der Waals surface area contributed by atoms with Crippen LogP contribution >= 0.6 is 0 Å². The molecule has 0 aliphatic carbocycles. The third-order valence-corrected chi connectivity index (χ3v) is 4.85. The first-order chi connectivity index (χ1) is 10.6. The Hall–Kier alpha value is -2.18. The van der Waals surface area contributed by atoms with Crippen LogP contribution in [0.4, 0.5) is 4.39 Å². The minimum atomic E-state index is -3.63. The van der Waals surface area contributed by atoms with E-state index in [2.05, 4.69) is 4.72 Å². The van der Waals surface area contributed by atoms with Crippen molar-refractivity contribution in [2.45, 2.75) is 11.3 Å². The molecule has 0 fully saturated rings. The fraction of sp³-hybridized carbons (Fsp3) is 0.125. The molecule has 0 saturated carbocycles. The van der Waals surface area contributed by atoms with Crippen LogP contribution in [-0.2, 0) is 16.4 Å². The number of benzene rings is 2. The van der Waals surface area contributed by atoms with Crippen LogP contribution in [0.5, 0.6) is 0 Å². The summed E-state index contributed by atoms with van der Waals surface area (Å²) in [6.45, 7) is 0.239. The van der Waals surface area contributed by atoms with Crippen LogP contribution in [0.1, 0.15) is 5.56 Å². The van der Waals surface area contributed by atoms with E-state index in [0.717, 1.165) is 28.7 Å². The minimum Gasteiger partial charge on any atom is -0.464 e. The van der Waals surface area contributed by atoms with Gasteiger partial charge in [0.15, 0.2) is 0 Å². The Morgan fingerprint density at radius 3 is 2.55 bits per heavy atom. The van der Waals surface area contributed by atoms with E-state index >= 15 is 0 Å². The van der Waals surface area contributed by atoms with Gasteiger partial charge in [0, 0.05) is 11.9 Å². The van der Waals surface area contributed by atoms with Gasteiger partial charge in [-0.25, -0.2) is 17.5 Å². The molecule has 0 aliphatic rings. The van der Waals surface area contributed by atoms with E-state index in [-0.39, 0.29) is 11.4 Å². The maximum atomic E-state index is 12.8. The quantitative estimate of drug-likeness (QED) is 0.786. The molecular formula is C16H14FNO3S. The van der Waals surface area contributed by atoms with E-state index in [1.165, 1.54) is 12.1 Å². The van der Waals surface area contributed by atoms with Crippen molar-refractivity contribution in [3.8, 4) is 0 Å². The highest BCUT2D eigenvalue weighted by atomic mass is 32.2. The van der Waals surface area contributed by atoms with Crippen molar-refractivity contribution in [3.63, 3.8) is 0 Å². The fourth-order valence-corrected chi connectivity index (χ4v) is 3.28. The van der Waals surface area contributed by atoms with Gasteiger partial charge in [-0.1, -0.05) is 18.2 Å². The number of rotatable bonds is 5. The zero-order chi connectivity index (χ0) is 15.6. The number of sulfonamides is 1. The van der Waals surface area contributed by atoms with Crippen LogP contribution in [0.15, 0.2) is 64.1 Å². The number of halogens is 1. The highest BCUT2D eigenvalue weighted by Gasteiger charge is 2.14. The summed E-state index contributed by atoms with van der Waals surface area (Å²) in [7, 11) is -3.63. The smallest absolute Gasteiger partial charge is 0.240 e. The second kappa shape index (κ2) is 5.90. The van der Waals surface area contributed by atoms with Crippen molar-refractivity contribution >= 4 is 21.0 Å². The van der Waals surface area contributed by atoms with Gasteiger partial charge >= 0.3 is 0 Å². The predicted molar refractivity (Wildman–Crippen MR) is 81.5 cm³/mol. The molecule has 114 valence electrons. The van der Waals surface area contributed by atoms with Crippen molar-refractivity contribution in [1.29, 1.82) is 0 Å². The van der Waals surface area contributed by atoms with E-state index in [9.17, 15) is 12.8 Å². The van der Waals surface area contributed by atoms with Gasteiger partial charge in [-0.15, -0.1) is 0 Å². The number of hydrogen-bond acceptors (Lipinski definition) is 3. The molecule has 0 unspecified atom stereocenters. The molecule has 0 atom stereocenters. The predicted octanol–water partition coefficient (Wildman–Crippen LogP) is 3.09. The second-order valence-electron chi connectivity index (χ2n) is 4.86. The molecule has 0 aliphatic heterocycles. The molecule has 0 saturated heterocycles. The number of hydrogen-bond donors (Lipinski definition) is 1. The molecule has 22 heavy (non-hydrogen) atoms. The van der Waals surface area contributed by atoms with Gasteiger partial charge in [0.05, 0.1) is 11.2 Å². The van der Waals surface area contributed by atoms with Crippen LogP contribution in [0.25, 0.3) is 11.0 Å². The Bertz CT molecular complexity index is 885. The Morgan fingerprint density at radius 1 is 1.05 bits per heavy atom. The van der Waals surface area contributed by atoms with Crippen LogP contribution in [0, 0.1) is 5.82 Å². The Kier molecular flexibility index (Phi) is 3.96. The third-order valence-electron chi connectivity index (χ3n) is 3.37. The van der Waals surface area contributed by atoms with Gasteiger partial charge in [0.1, 0.15) is 11.4 Å². The molecule has 1 aromatic heterocycles. The molecule has 0 amide bonds. The third kappa shape index (κ3) is 3.03. The van der Waals surface area contributed by atoms with Gasteiger partial charge in [0.25, 0.3) is 0 Å². The van der Waals surface area contributed by atoms with Crippen LogP contribution in [-0.4, -0.2) is 15.0 Å². The first kappa shape index (κ1) is 14.7. The number of nitrogens with one attached hydrogen (secondary N) is 1. The van der Waals surface area contributed by atoms with E-state index < -0.39 is 15.8 Å². The van der Waals surface area contributed by atoms with Gasteiger partial charge < -0.3 is 4.42 Å². The SMILES string of the molecule is O=S(=O)(NCCc1coc2ccccc12)c1ccc(F)cc1. The molecule has 1 heterocycles. The van der Waals surface area contributed by atoms with E-state index in [4.69, 9.17) is 4.42 Å². The van der Waals surface area contributed by atoms with Crippen molar-refractivity contribution in [2.24, 2.45) is 0 Å². The molecule has 1 N–H and O–H groups in total. The van der Waals surface area contributed by atoms with E-state index in [1.54, 1.807) is 6.26 Å². The zero-order valence-electron chi connectivity index (χ0n) is 11.6. The van der Waals surface area contributed by atoms with E-state index in [1.807, 2.05) is 24.3 Å². The largest absolute Gasteiger partial charge is 0.464 e. The summed E-state index contributed by atoms with van der Waals surface area (Å²) in [5.74, 6) is -0.469. The van der Waals surface area contributed by atoms with E-state index in [0.29, 0.717) is 6.42 Å². The van der Waals surface area contributed by atoms with Crippen molar-refractivity contribution < 1.29 is 17.2 Å². The maximum Gasteiger partial charge on any atom is 0.240 e. The number of furan rings is 1. The first-order valence-electron chi connectivity index (χ1n) is 6.76. The lowest BCUT2D eigenvalue weighted by atomic mass is 10.1. The molecule has 3 aromatic rings. The standard InChI is InChI=1S/C16H14FNO3S/c17-13-5-7-14(8-6-13)22(19,20)18-10-9-12-11-21-16-4-2-1-3-15(12)16/h1-8,11,18H,9-10H2. The van der Waals surface area contributed by atoms with Crippen molar-refractivity contribution in [1.82, 2.24) is 4.72 Å². The average Bonchev–Trinajstić information content (AvgIpc) is 2.91. The highest BCUT2D eigenvalue weighted by molar-refractivity contribution is 7.89. The van der Waals surface area contributed by atoms with Crippen LogP contribution in [0.3, 0.4) is 0 Å². The molecule has 4 nitrogen and oxygen atoms in total. The summed E-state index contributed by atoms with van der Waals surface area (Å²) >= 11 is 0. The Balaban J connectivity index is 1.68. The number of fused-ring (bicyclic) bond motifs is 1. The molecule has 0 bridgehead atoms. The lowest BCUT2D eigenvalue weighted by Crippen LogP contribution is -2.25. The molecule has 0 spiro atoms.